The first-order chi connectivity index (χ1) is 5.83. The fourth-order valence-corrected chi connectivity index (χ4v) is 1.03. The normalized spacial score (nSPS) is 10.3. The number of nitrogens with zero attached hydrogens (tertiary/aromatic N) is 3. The molecule has 0 radical (unpaired) electrons. The Balaban J connectivity index is 2.90. The molecular formula is C7H6N4O. The van der Waals surface area contributed by atoms with E-state index in [-0.39, 0.29) is 5.82 Å². The van der Waals surface area contributed by atoms with E-state index in [1.165, 1.54) is 4.52 Å². The summed E-state index contributed by atoms with van der Waals surface area (Å²) in [4.78, 5) is 14.5. The van der Waals surface area contributed by atoms with Crippen molar-refractivity contribution in [2.75, 3.05) is 5.73 Å². The first-order valence-electron chi connectivity index (χ1n) is 3.37. The van der Waals surface area contributed by atoms with Crippen molar-refractivity contribution in [3.63, 3.8) is 0 Å². The van der Waals surface area contributed by atoms with Gasteiger partial charge in [-0.15, -0.1) is 5.10 Å². The molecule has 2 aromatic heterocycles. The van der Waals surface area contributed by atoms with Gasteiger partial charge in [-0.2, -0.15) is 0 Å². The number of hydrogen-bond acceptors (Lipinski definition) is 4. The van der Waals surface area contributed by atoms with Crippen LogP contribution in [0, 0.1) is 0 Å². The smallest absolute Gasteiger partial charge is 0.167 e. The number of aldehydes is 1. The Kier molecular flexibility index (Phi) is 1.30. The van der Waals surface area contributed by atoms with Crippen LogP contribution in [-0.2, 0) is 0 Å². The van der Waals surface area contributed by atoms with Crippen molar-refractivity contribution >= 4 is 17.8 Å². The Bertz CT molecular complexity index is 434. The molecular weight excluding hydrogens is 156 g/mol. The van der Waals surface area contributed by atoms with Gasteiger partial charge < -0.3 is 5.73 Å². The molecule has 0 atom stereocenters. The fourth-order valence-electron chi connectivity index (χ4n) is 1.03. The average molecular weight is 162 g/mol. The second-order valence-electron chi connectivity index (χ2n) is 2.30. The predicted molar refractivity (Wildman–Crippen MR) is 42.8 cm³/mol. The summed E-state index contributed by atoms with van der Waals surface area (Å²) in [6.07, 6.45) is 3.93. The van der Waals surface area contributed by atoms with Crippen molar-refractivity contribution in [3.8, 4) is 0 Å². The van der Waals surface area contributed by atoms with Crippen molar-refractivity contribution in [1.82, 2.24) is 14.6 Å². The lowest BCUT2D eigenvalue weighted by atomic mass is 10.3. The summed E-state index contributed by atoms with van der Waals surface area (Å²) < 4.78 is 1.47. The van der Waals surface area contributed by atoms with Crippen LogP contribution in [0.2, 0.25) is 0 Å². The number of carbonyl (C=O) groups excluding carboxylic acids is 1. The Morgan fingerprint density at radius 2 is 2.42 bits per heavy atom. The maximum absolute atomic E-state index is 10.5. The van der Waals surface area contributed by atoms with Crippen LogP contribution in [0.1, 0.15) is 10.4 Å². The van der Waals surface area contributed by atoms with Gasteiger partial charge in [-0.1, -0.05) is 0 Å². The Morgan fingerprint density at radius 1 is 1.58 bits per heavy atom. The van der Waals surface area contributed by atoms with Gasteiger partial charge in [-0.3, -0.25) is 4.79 Å². The Hall–Kier alpha value is -1.91. The first kappa shape index (κ1) is 6.78. The zero-order chi connectivity index (χ0) is 8.55. The molecule has 0 saturated carbocycles. The van der Waals surface area contributed by atoms with Crippen LogP contribution in [0.5, 0.6) is 0 Å². The van der Waals surface area contributed by atoms with Crippen molar-refractivity contribution < 1.29 is 4.79 Å². The quantitative estimate of drug-likeness (QED) is 0.604. The van der Waals surface area contributed by atoms with E-state index in [1.54, 1.807) is 18.5 Å². The number of aromatic nitrogens is 3. The van der Waals surface area contributed by atoms with Gasteiger partial charge in [0.1, 0.15) is 5.56 Å². The first-order valence-corrected chi connectivity index (χ1v) is 3.37. The molecule has 0 aliphatic heterocycles. The van der Waals surface area contributed by atoms with E-state index in [2.05, 4.69) is 10.1 Å². The SMILES string of the molecule is Nc1nn2cccnc2c1C=O. The summed E-state index contributed by atoms with van der Waals surface area (Å²) in [7, 11) is 0. The number of rotatable bonds is 1. The summed E-state index contributed by atoms with van der Waals surface area (Å²) in [6.45, 7) is 0. The van der Waals surface area contributed by atoms with Gasteiger partial charge in [0.05, 0.1) is 0 Å². The van der Waals surface area contributed by atoms with Crippen LogP contribution < -0.4 is 5.73 Å². The zero-order valence-electron chi connectivity index (χ0n) is 6.14. The second kappa shape index (κ2) is 2.30. The van der Waals surface area contributed by atoms with E-state index in [9.17, 15) is 4.79 Å². The van der Waals surface area contributed by atoms with Crippen LogP contribution in [0.15, 0.2) is 18.5 Å². The van der Waals surface area contributed by atoms with Crippen LogP contribution in [0.3, 0.4) is 0 Å². The van der Waals surface area contributed by atoms with E-state index in [4.69, 9.17) is 5.73 Å². The summed E-state index contributed by atoms with van der Waals surface area (Å²) in [5.41, 5.74) is 6.29. The van der Waals surface area contributed by atoms with Crippen LogP contribution in [0.25, 0.3) is 5.65 Å². The zero-order valence-corrected chi connectivity index (χ0v) is 6.14. The fraction of sp³-hybridized carbons (Fsp3) is 0. The third-order valence-electron chi connectivity index (χ3n) is 1.58. The molecule has 0 fully saturated rings. The lowest BCUT2D eigenvalue weighted by Gasteiger charge is -1.87. The highest BCUT2D eigenvalue weighted by Gasteiger charge is 2.08. The highest BCUT2D eigenvalue weighted by molar-refractivity contribution is 5.90. The van der Waals surface area contributed by atoms with Crippen molar-refractivity contribution in [1.29, 1.82) is 0 Å². The molecule has 0 bridgehead atoms. The number of nitrogen functional groups attached to an aromatic ring is 1. The molecule has 5 nitrogen and oxygen atoms in total. The van der Waals surface area contributed by atoms with Crippen molar-refractivity contribution in [3.05, 3.63) is 24.0 Å². The maximum atomic E-state index is 10.5. The monoisotopic (exact) mass is 162 g/mol. The molecule has 0 aliphatic carbocycles. The van der Waals surface area contributed by atoms with Crippen LogP contribution >= 0.6 is 0 Å². The standard InChI is InChI=1S/C7H6N4O/c8-6-5(4-12)7-9-2-1-3-11(7)10-6/h1-4H,(H2,8,10). The molecule has 5 heteroatoms. The molecule has 0 amide bonds. The van der Waals surface area contributed by atoms with E-state index in [1.807, 2.05) is 0 Å². The molecule has 2 aromatic rings. The Labute approximate surface area is 67.8 Å². The van der Waals surface area contributed by atoms with Gasteiger partial charge in [-0.05, 0) is 6.07 Å². The molecule has 2 rings (SSSR count). The van der Waals surface area contributed by atoms with Gasteiger partial charge >= 0.3 is 0 Å². The van der Waals surface area contributed by atoms with E-state index in [0.29, 0.717) is 17.5 Å². The van der Waals surface area contributed by atoms with E-state index < -0.39 is 0 Å². The number of anilines is 1. The summed E-state index contributed by atoms with van der Waals surface area (Å²) in [6, 6.07) is 1.72. The van der Waals surface area contributed by atoms with Crippen LogP contribution in [-0.4, -0.2) is 20.9 Å². The molecule has 0 aromatic carbocycles. The van der Waals surface area contributed by atoms with Gasteiger partial charge in [0.25, 0.3) is 0 Å². The highest BCUT2D eigenvalue weighted by Crippen LogP contribution is 2.11. The third kappa shape index (κ3) is 0.763. The highest BCUT2D eigenvalue weighted by atomic mass is 16.1. The number of hydrogen-bond donors (Lipinski definition) is 1. The molecule has 2 N–H and O–H groups in total. The van der Waals surface area contributed by atoms with Crippen LogP contribution in [0.4, 0.5) is 5.82 Å². The third-order valence-corrected chi connectivity index (χ3v) is 1.58. The summed E-state index contributed by atoms with van der Waals surface area (Å²) in [5, 5.41) is 3.88. The topological polar surface area (TPSA) is 73.3 Å². The van der Waals surface area contributed by atoms with Crippen molar-refractivity contribution in [2.24, 2.45) is 0 Å². The average Bonchev–Trinajstić information content (AvgIpc) is 2.40. The molecule has 0 aliphatic rings. The molecule has 0 saturated heterocycles. The van der Waals surface area contributed by atoms with Crippen molar-refractivity contribution in [2.45, 2.75) is 0 Å². The lowest BCUT2D eigenvalue weighted by molar-refractivity contribution is 0.112. The molecule has 12 heavy (non-hydrogen) atoms. The van der Waals surface area contributed by atoms with Gasteiger partial charge in [-0.25, -0.2) is 9.50 Å². The van der Waals surface area contributed by atoms with E-state index >= 15 is 0 Å². The molecule has 0 unspecified atom stereocenters. The summed E-state index contributed by atoms with van der Waals surface area (Å²) in [5.74, 6) is 0.212. The lowest BCUT2D eigenvalue weighted by Crippen LogP contribution is -1.89. The number of fused-ring (bicyclic) bond motifs is 1. The van der Waals surface area contributed by atoms with Gasteiger partial charge in [0.15, 0.2) is 17.8 Å². The van der Waals surface area contributed by atoms with Gasteiger partial charge in [0, 0.05) is 12.4 Å². The van der Waals surface area contributed by atoms with E-state index in [0.717, 1.165) is 0 Å². The minimum absolute atomic E-state index is 0.212. The second-order valence-corrected chi connectivity index (χ2v) is 2.30. The van der Waals surface area contributed by atoms with Gasteiger partial charge in [0.2, 0.25) is 0 Å². The molecule has 2 heterocycles. The molecule has 0 spiro atoms. The number of nitrogens with two attached hydrogens (primary N) is 1. The maximum Gasteiger partial charge on any atom is 0.167 e. The Morgan fingerprint density at radius 3 is 3.17 bits per heavy atom. The minimum Gasteiger partial charge on any atom is -0.382 e. The predicted octanol–water partition coefficient (Wildman–Crippen LogP) is 0.124. The number of carbonyl (C=O) groups is 1. The molecule has 60 valence electrons. The summed E-state index contributed by atoms with van der Waals surface area (Å²) >= 11 is 0. The largest absolute Gasteiger partial charge is 0.382 e. The minimum atomic E-state index is 0.212.